The Bertz CT molecular complexity index is 158. The van der Waals surface area contributed by atoms with Gasteiger partial charge in [0, 0.05) is 0 Å². The number of rotatable bonds is 2. The van der Waals surface area contributed by atoms with Crippen molar-refractivity contribution in [3.05, 3.63) is 12.0 Å². The average Bonchev–Trinajstić information content (AvgIpc) is 1.85. The van der Waals surface area contributed by atoms with Crippen molar-refractivity contribution < 1.29 is 9.16 Å². The van der Waals surface area contributed by atoms with E-state index in [2.05, 4.69) is 19.6 Å². The maximum Gasteiger partial charge on any atom is 0.261 e. The Hall–Kier alpha value is -0.443. The van der Waals surface area contributed by atoms with Crippen molar-refractivity contribution in [1.29, 1.82) is 0 Å². The fourth-order valence-electron chi connectivity index (χ4n) is 0.908. The third kappa shape index (κ3) is 3.46. The molecule has 0 aromatic heterocycles. The second kappa shape index (κ2) is 3.30. The summed E-state index contributed by atoms with van der Waals surface area (Å²) < 4.78 is 11.0. The number of ether oxygens (including phenoxy) is 1. The zero-order valence-corrected chi connectivity index (χ0v) is 8.52. The highest BCUT2D eigenvalue weighted by Crippen LogP contribution is 2.16. The van der Waals surface area contributed by atoms with E-state index < -0.39 is 8.32 Å². The van der Waals surface area contributed by atoms with Crippen molar-refractivity contribution in [3.8, 4) is 0 Å². The fraction of sp³-hybridized carbons (Fsp3) is 0.750. The first-order valence-corrected chi connectivity index (χ1v) is 7.51. The summed E-state index contributed by atoms with van der Waals surface area (Å²) in [6.45, 7) is 7.29. The number of hydrogen-bond donors (Lipinski definition) is 0. The van der Waals surface area contributed by atoms with Crippen molar-refractivity contribution in [2.24, 2.45) is 0 Å². The molecule has 0 atom stereocenters. The van der Waals surface area contributed by atoms with Crippen LogP contribution in [0.4, 0.5) is 0 Å². The van der Waals surface area contributed by atoms with Crippen LogP contribution in [-0.4, -0.2) is 14.9 Å². The molecule has 0 aromatic carbocycles. The van der Waals surface area contributed by atoms with Crippen LogP contribution in [0.5, 0.6) is 0 Å². The van der Waals surface area contributed by atoms with Gasteiger partial charge in [0.05, 0.1) is 6.61 Å². The van der Waals surface area contributed by atoms with Gasteiger partial charge in [-0.15, -0.1) is 0 Å². The predicted octanol–water partition coefficient (Wildman–Crippen LogP) is 2.49. The summed E-state index contributed by atoms with van der Waals surface area (Å²) >= 11 is 0. The van der Waals surface area contributed by atoms with Crippen molar-refractivity contribution >= 4 is 8.32 Å². The van der Waals surface area contributed by atoms with Crippen LogP contribution in [-0.2, 0) is 9.16 Å². The average molecular weight is 172 g/mol. The molecule has 1 aliphatic rings. The van der Waals surface area contributed by atoms with Gasteiger partial charge in [0.15, 0.2) is 0 Å². The molecular formula is C8H16O2Si. The first-order chi connectivity index (χ1) is 5.08. The molecule has 0 radical (unpaired) electrons. The molecule has 3 heteroatoms. The zero-order chi connectivity index (χ0) is 8.32. The minimum Gasteiger partial charge on any atom is -0.520 e. The van der Waals surface area contributed by atoms with Gasteiger partial charge in [-0.2, -0.15) is 0 Å². The summed E-state index contributed by atoms with van der Waals surface area (Å²) in [5, 5.41) is 0. The van der Waals surface area contributed by atoms with Crippen molar-refractivity contribution in [2.45, 2.75) is 32.5 Å². The van der Waals surface area contributed by atoms with E-state index in [1.165, 1.54) is 0 Å². The molecule has 0 spiro atoms. The Kier molecular flexibility index (Phi) is 2.60. The number of allylic oxidation sites excluding steroid dienone is 1. The van der Waals surface area contributed by atoms with Gasteiger partial charge in [-0.25, -0.2) is 0 Å². The minimum atomic E-state index is -1.44. The van der Waals surface area contributed by atoms with Gasteiger partial charge in [0.25, 0.3) is 5.95 Å². The summed E-state index contributed by atoms with van der Waals surface area (Å²) in [6, 6.07) is 0. The largest absolute Gasteiger partial charge is 0.520 e. The van der Waals surface area contributed by atoms with Gasteiger partial charge < -0.3 is 9.16 Å². The van der Waals surface area contributed by atoms with E-state index in [1.807, 2.05) is 6.08 Å². The minimum absolute atomic E-state index is 0.760. The molecule has 0 saturated heterocycles. The lowest BCUT2D eigenvalue weighted by atomic mass is 10.3. The van der Waals surface area contributed by atoms with E-state index in [9.17, 15) is 0 Å². The maximum absolute atomic E-state index is 5.66. The molecule has 2 nitrogen and oxygen atoms in total. The fourth-order valence-corrected chi connectivity index (χ4v) is 1.65. The van der Waals surface area contributed by atoms with E-state index in [0.717, 1.165) is 25.4 Å². The summed E-state index contributed by atoms with van der Waals surface area (Å²) in [4.78, 5) is 0. The zero-order valence-electron chi connectivity index (χ0n) is 7.52. The molecular weight excluding hydrogens is 156 g/mol. The van der Waals surface area contributed by atoms with Crippen molar-refractivity contribution in [3.63, 3.8) is 0 Å². The van der Waals surface area contributed by atoms with Gasteiger partial charge in [0.1, 0.15) is 0 Å². The van der Waals surface area contributed by atoms with Crippen molar-refractivity contribution in [1.82, 2.24) is 0 Å². The molecule has 1 aliphatic heterocycles. The highest BCUT2D eigenvalue weighted by Gasteiger charge is 2.19. The van der Waals surface area contributed by atoms with E-state index >= 15 is 0 Å². The van der Waals surface area contributed by atoms with Gasteiger partial charge >= 0.3 is 0 Å². The quantitative estimate of drug-likeness (QED) is 0.596. The van der Waals surface area contributed by atoms with E-state index in [4.69, 9.17) is 9.16 Å². The van der Waals surface area contributed by atoms with Gasteiger partial charge in [-0.3, -0.25) is 0 Å². The lowest BCUT2D eigenvalue weighted by molar-refractivity contribution is 0.0885. The van der Waals surface area contributed by atoms with Gasteiger partial charge in [-0.05, 0) is 38.6 Å². The molecule has 0 saturated carbocycles. The summed E-state index contributed by atoms with van der Waals surface area (Å²) in [6.07, 6.45) is 4.26. The Morgan fingerprint density at radius 2 is 2.18 bits per heavy atom. The first kappa shape index (κ1) is 8.65. The van der Waals surface area contributed by atoms with E-state index in [1.54, 1.807) is 0 Å². The van der Waals surface area contributed by atoms with Crippen LogP contribution in [0.3, 0.4) is 0 Å². The Morgan fingerprint density at radius 1 is 1.45 bits per heavy atom. The molecule has 64 valence electrons. The standard InChI is InChI=1S/C8H16O2Si/c1-11(2,3)10-8-6-4-5-7-9-8/h6H,4-5,7H2,1-3H3. The van der Waals surface area contributed by atoms with Crippen LogP contribution < -0.4 is 0 Å². The highest BCUT2D eigenvalue weighted by atomic mass is 28.4. The summed E-state index contributed by atoms with van der Waals surface area (Å²) in [5.74, 6) is 0.760. The van der Waals surface area contributed by atoms with Crippen LogP contribution in [0, 0.1) is 0 Å². The van der Waals surface area contributed by atoms with Gasteiger partial charge in [-0.1, -0.05) is 0 Å². The molecule has 1 rings (SSSR count). The normalized spacial score (nSPS) is 18.6. The molecule has 0 bridgehead atoms. The van der Waals surface area contributed by atoms with Crippen LogP contribution in [0.1, 0.15) is 12.8 Å². The molecule has 0 amide bonds. The first-order valence-electron chi connectivity index (χ1n) is 4.10. The topological polar surface area (TPSA) is 18.5 Å². The smallest absolute Gasteiger partial charge is 0.261 e. The lowest BCUT2D eigenvalue weighted by Crippen LogP contribution is -2.26. The molecule has 0 N–H and O–H groups in total. The van der Waals surface area contributed by atoms with Crippen LogP contribution >= 0.6 is 0 Å². The Morgan fingerprint density at radius 3 is 2.64 bits per heavy atom. The second-order valence-electron chi connectivity index (χ2n) is 3.73. The molecule has 0 fully saturated rings. The van der Waals surface area contributed by atoms with Crippen LogP contribution in [0.25, 0.3) is 0 Å². The predicted molar refractivity (Wildman–Crippen MR) is 47.7 cm³/mol. The summed E-state index contributed by atoms with van der Waals surface area (Å²) in [5.41, 5.74) is 0. The van der Waals surface area contributed by atoms with E-state index in [0.29, 0.717) is 0 Å². The molecule has 1 heterocycles. The van der Waals surface area contributed by atoms with E-state index in [-0.39, 0.29) is 0 Å². The summed E-state index contributed by atoms with van der Waals surface area (Å²) in [7, 11) is -1.44. The molecule has 0 aliphatic carbocycles. The third-order valence-electron chi connectivity index (χ3n) is 1.31. The SMILES string of the molecule is C[Si](C)(C)OC1=CCCCO1. The molecule has 11 heavy (non-hydrogen) atoms. The Balaban J connectivity index is 2.42. The van der Waals surface area contributed by atoms with Crippen LogP contribution in [0.2, 0.25) is 19.6 Å². The maximum atomic E-state index is 5.66. The Labute approximate surface area is 69.3 Å². The lowest BCUT2D eigenvalue weighted by Gasteiger charge is -2.23. The van der Waals surface area contributed by atoms with Crippen molar-refractivity contribution in [2.75, 3.05) is 6.61 Å². The van der Waals surface area contributed by atoms with Gasteiger partial charge in [0.2, 0.25) is 8.32 Å². The monoisotopic (exact) mass is 172 g/mol. The number of hydrogen-bond acceptors (Lipinski definition) is 2. The van der Waals surface area contributed by atoms with Crippen LogP contribution in [0.15, 0.2) is 12.0 Å². The third-order valence-corrected chi connectivity index (χ3v) is 2.12. The molecule has 0 aromatic rings. The second-order valence-corrected chi connectivity index (χ2v) is 8.16. The molecule has 0 unspecified atom stereocenters. The highest BCUT2D eigenvalue weighted by molar-refractivity contribution is 6.69.